The smallest absolute Gasteiger partial charge is 0.269 e. The third-order valence-electron chi connectivity index (χ3n) is 5.37. The van der Waals surface area contributed by atoms with Crippen molar-refractivity contribution in [3.05, 3.63) is 47.5 Å². The number of nitrogens with one attached hydrogen (secondary N) is 1. The second-order valence-electron chi connectivity index (χ2n) is 7.78. The molecule has 0 saturated carbocycles. The lowest BCUT2D eigenvalue weighted by Crippen LogP contribution is -2.49. The molecule has 1 aromatic heterocycles. The van der Waals surface area contributed by atoms with Crippen LogP contribution in [0.2, 0.25) is 0 Å². The predicted molar refractivity (Wildman–Crippen MR) is 114 cm³/mol. The van der Waals surface area contributed by atoms with Gasteiger partial charge >= 0.3 is 0 Å². The molecule has 2 heterocycles. The highest BCUT2D eigenvalue weighted by Crippen LogP contribution is 2.17. The summed E-state index contributed by atoms with van der Waals surface area (Å²) in [6.07, 6.45) is 0.263. The van der Waals surface area contributed by atoms with E-state index in [0.717, 1.165) is 11.4 Å². The van der Waals surface area contributed by atoms with Gasteiger partial charge in [-0.25, -0.2) is 4.39 Å². The molecule has 0 spiro atoms. The van der Waals surface area contributed by atoms with E-state index in [9.17, 15) is 14.0 Å². The lowest BCUT2D eigenvalue weighted by atomic mass is 10.1. The van der Waals surface area contributed by atoms with E-state index in [0.29, 0.717) is 45.0 Å². The maximum Gasteiger partial charge on any atom is 0.269 e. The van der Waals surface area contributed by atoms with Gasteiger partial charge in [-0.15, -0.1) is 0 Å². The van der Waals surface area contributed by atoms with Crippen LogP contribution in [-0.4, -0.2) is 59.2 Å². The highest BCUT2D eigenvalue weighted by Gasteiger charge is 2.22. The van der Waals surface area contributed by atoms with Crippen LogP contribution in [0.3, 0.4) is 0 Å². The van der Waals surface area contributed by atoms with Crippen molar-refractivity contribution in [1.29, 1.82) is 0 Å². The maximum atomic E-state index is 13.1. The number of halogens is 1. The van der Waals surface area contributed by atoms with Gasteiger partial charge in [-0.1, -0.05) is 13.8 Å². The van der Waals surface area contributed by atoms with E-state index in [4.69, 9.17) is 0 Å². The average molecular weight is 416 g/mol. The van der Waals surface area contributed by atoms with Gasteiger partial charge in [-0.05, 0) is 43.2 Å². The monoisotopic (exact) mass is 415 g/mol. The highest BCUT2D eigenvalue weighted by atomic mass is 19.1. The van der Waals surface area contributed by atoms with Gasteiger partial charge in [0.25, 0.3) is 5.91 Å². The van der Waals surface area contributed by atoms with Gasteiger partial charge in [-0.2, -0.15) is 5.10 Å². The number of carbonyl (C=O) groups is 2. The van der Waals surface area contributed by atoms with Gasteiger partial charge in [0.1, 0.15) is 11.5 Å². The van der Waals surface area contributed by atoms with Crippen molar-refractivity contribution in [2.24, 2.45) is 0 Å². The summed E-state index contributed by atoms with van der Waals surface area (Å²) in [6, 6.07) is 8.23. The quantitative estimate of drug-likeness (QED) is 0.755. The van der Waals surface area contributed by atoms with E-state index in [1.165, 1.54) is 12.1 Å². The molecule has 2 amide bonds. The molecule has 0 unspecified atom stereocenters. The molecule has 1 fully saturated rings. The molecule has 0 aliphatic carbocycles. The summed E-state index contributed by atoms with van der Waals surface area (Å²) in [5.41, 5.74) is 2.38. The number of hydrogen-bond acceptors (Lipinski definition) is 4. The molecule has 1 aliphatic rings. The molecule has 30 heavy (non-hydrogen) atoms. The fourth-order valence-electron chi connectivity index (χ4n) is 3.54. The molecule has 1 aromatic carbocycles. The van der Waals surface area contributed by atoms with Crippen molar-refractivity contribution in [1.82, 2.24) is 20.0 Å². The molecule has 0 radical (unpaired) electrons. The number of carbonyl (C=O) groups excluding carboxylic acids is 2. The van der Waals surface area contributed by atoms with Crippen LogP contribution in [-0.2, 0) is 11.3 Å². The Kier molecular flexibility index (Phi) is 7.07. The molecule has 0 atom stereocenters. The number of nitrogens with zero attached hydrogens (tertiary/aromatic N) is 4. The summed E-state index contributed by atoms with van der Waals surface area (Å²) < 4.78 is 14.8. The van der Waals surface area contributed by atoms with Crippen molar-refractivity contribution in [2.75, 3.05) is 37.6 Å². The number of rotatable bonds is 7. The first kappa shape index (κ1) is 21.8. The number of benzene rings is 1. The molecule has 0 bridgehead atoms. The van der Waals surface area contributed by atoms with Gasteiger partial charge < -0.3 is 15.1 Å². The first-order chi connectivity index (χ1) is 14.4. The normalized spacial score (nSPS) is 14.3. The Morgan fingerprint density at radius 1 is 1.13 bits per heavy atom. The number of piperazine rings is 1. The number of aryl methyl sites for hydroxylation is 1. The minimum Gasteiger partial charge on any atom is -0.368 e. The lowest BCUT2D eigenvalue weighted by Gasteiger charge is -2.36. The van der Waals surface area contributed by atoms with Crippen molar-refractivity contribution in [3.8, 4) is 0 Å². The minimum absolute atomic E-state index is 0.0286. The Balaban J connectivity index is 1.45. The first-order valence-electron chi connectivity index (χ1n) is 10.5. The fourth-order valence-corrected chi connectivity index (χ4v) is 3.54. The Labute approximate surface area is 176 Å². The summed E-state index contributed by atoms with van der Waals surface area (Å²) in [5.74, 6) is -0.178. The number of anilines is 1. The van der Waals surface area contributed by atoms with E-state index in [2.05, 4.69) is 15.3 Å². The average Bonchev–Trinajstić information content (AvgIpc) is 3.19. The molecule has 7 nitrogen and oxygen atoms in total. The van der Waals surface area contributed by atoms with Gasteiger partial charge in [0.15, 0.2) is 0 Å². The summed E-state index contributed by atoms with van der Waals surface area (Å²) in [7, 11) is 0. The zero-order valence-corrected chi connectivity index (χ0v) is 17.9. The van der Waals surface area contributed by atoms with Gasteiger partial charge in [0.2, 0.25) is 5.91 Å². The van der Waals surface area contributed by atoms with Crippen LogP contribution in [0.25, 0.3) is 0 Å². The Morgan fingerprint density at radius 2 is 1.80 bits per heavy atom. The summed E-state index contributed by atoms with van der Waals surface area (Å²) in [5, 5.41) is 7.30. The van der Waals surface area contributed by atoms with E-state index < -0.39 is 0 Å². The second-order valence-corrected chi connectivity index (χ2v) is 7.78. The first-order valence-corrected chi connectivity index (χ1v) is 10.5. The van der Waals surface area contributed by atoms with Crippen molar-refractivity contribution in [2.45, 2.75) is 39.7 Å². The molecular weight excluding hydrogens is 385 g/mol. The minimum atomic E-state index is -0.253. The van der Waals surface area contributed by atoms with Gasteiger partial charge in [0.05, 0.1) is 5.69 Å². The second kappa shape index (κ2) is 9.73. The largest absolute Gasteiger partial charge is 0.368 e. The van der Waals surface area contributed by atoms with Crippen molar-refractivity contribution < 1.29 is 14.0 Å². The zero-order chi connectivity index (χ0) is 21.7. The van der Waals surface area contributed by atoms with Crippen LogP contribution in [0.1, 0.15) is 49.3 Å². The summed E-state index contributed by atoms with van der Waals surface area (Å²) >= 11 is 0. The SMILES string of the molecule is CCn1nc(C(C)C)cc1C(=O)NCCC(=O)N1CCN(c2ccc(F)cc2)CC1. The molecule has 1 saturated heterocycles. The fraction of sp³-hybridized carbons (Fsp3) is 0.500. The van der Waals surface area contributed by atoms with Crippen LogP contribution in [0, 0.1) is 5.82 Å². The predicted octanol–water partition coefficient (Wildman–Crippen LogP) is 2.63. The zero-order valence-electron chi connectivity index (χ0n) is 17.9. The summed E-state index contributed by atoms with van der Waals surface area (Å²) in [6.45, 7) is 9.58. The number of hydrogen-bond donors (Lipinski definition) is 1. The van der Waals surface area contributed by atoms with Crippen LogP contribution < -0.4 is 10.2 Å². The lowest BCUT2D eigenvalue weighted by molar-refractivity contribution is -0.131. The molecule has 8 heteroatoms. The van der Waals surface area contributed by atoms with E-state index in [1.54, 1.807) is 16.8 Å². The topological polar surface area (TPSA) is 70.5 Å². The number of aromatic nitrogens is 2. The number of amides is 2. The highest BCUT2D eigenvalue weighted by molar-refractivity contribution is 5.93. The Morgan fingerprint density at radius 3 is 2.40 bits per heavy atom. The van der Waals surface area contributed by atoms with E-state index in [-0.39, 0.29) is 30.0 Å². The van der Waals surface area contributed by atoms with Gasteiger partial charge in [-0.3, -0.25) is 14.3 Å². The van der Waals surface area contributed by atoms with Gasteiger partial charge in [0, 0.05) is 51.4 Å². The van der Waals surface area contributed by atoms with Crippen LogP contribution in [0.5, 0.6) is 0 Å². The molecule has 1 aliphatic heterocycles. The third kappa shape index (κ3) is 5.17. The molecule has 162 valence electrons. The molecular formula is C22H30FN5O2. The Hall–Kier alpha value is -2.90. The standard InChI is InChI=1S/C22H30FN5O2/c1-4-28-20(15-19(25-28)16(2)3)22(30)24-10-9-21(29)27-13-11-26(12-14-27)18-7-5-17(23)6-8-18/h5-8,15-16H,4,9-14H2,1-3H3,(H,24,30). The molecule has 1 N–H and O–H groups in total. The van der Waals surface area contributed by atoms with Crippen LogP contribution >= 0.6 is 0 Å². The Bertz CT molecular complexity index is 870. The van der Waals surface area contributed by atoms with Crippen molar-refractivity contribution in [3.63, 3.8) is 0 Å². The van der Waals surface area contributed by atoms with Crippen LogP contribution in [0.4, 0.5) is 10.1 Å². The third-order valence-corrected chi connectivity index (χ3v) is 5.37. The molecule has 2 aromatic rings. The maximum absolute atomic E-state index is 13.1. The van der Waals surface area contributed by atoms with E-state index >= 15 is 0 Å². The van der Waals surface area contributed by atoms with Crippen LogP contribution in [0.15, 0.2) is 30.3 Å². The van der Waals surface area contributed by atoms with E-state index in [1.807, 2.05) is 31.7 Å². The molecule has 3 rings (SSSR count). The summed E-state index contributed by atoms with van der Waals surface area (Å²) in [4.78, 5) is 29.0. The van der Waals surface area contributed by atoms with Crippen molar-refractivity contribution >= 4 is 17.5 Å².